The van der Waals surface area contributed by atoms with Crippen molar-refractivity contribution in [2.24, 2.45) is 0 Å². The van der Waals surface area contributed by atoms with Gasteiger partial charge in [0.15, 0.2) is 0 Å². The van der Waals surface area contributed by atoms with Crippen molar-refractivity contribution in [3.63, 3.8) is 0 Å². The van der Waals surface area contributed by atoms with E-state index in [1.807, 2.05) is 0 Å². The summed E-state index contributed by atoms with van der Waals surface area (Å²) in [5.41, 5.74) is 0. The molecular weight excluding hydrogens is 206 g/mol. The number of alkyl halides is 2. The Morgan fingerprint density at radius 1 is 1.53 bits per heavy atom. The van der Waals surface area contributed by atoms with Crippen LogP contribution in [0.15, 0.2) is 18.3 Å². The van der Waals surface area contributed by atoms with E-state index < -0.39 is 19.1 Å². The Morgan fingerprint density at radius 2 is 2.27 bits per heavy atom. The fraction of sp³-hybridized carbons (Fsp3) is 0.444. The van der Waals surface area contributed by atoms with Gasteiger partial charge in [0.25, 0.3) is 5.92 Å². The van der Waals surface area contributed by atoms with E-state index in [0.29, 0.717) is 11.6 Å². The number of hydrogen-bond acceptors (Lipinski definition) is 4. The van der Waals surface area contributed by atoms with E-state index >= 15 is 0 Å². The van der Waals surface area contributed by atoms with E-state index in [9.17, 15) is 8.78 Å². The number of ether oxygens (including phenoxy) is 1. The van der Waals surface area contributed by atoms with Crippen LogP contribution in [0.1, 0.15) is 0 Å². The second kappa shape index (κ2) is 4.88. The Hall–Kier alpha value is -1.43. The minimum Gasteiger partial charge on any atom is -0.495 e. The van der Waals surface area contributed by atoms with Crippen LogP contribution in [0.4, 0.5) is 14.6 Å². The minimum absolute atomic E-state index is 0.309. The molecule has 0 aromatic carbocycles. The van der Waals surface area contributed by atoms with Crippen LogP contribution in [0, 0.1) is 0 Å². The third-order valence-corrected chi connectivity index (χ3v) is 1.73. The second-order valence-corrected chi connectivity index (χ2v) is 2.95. The zero-order valence-corrected chi connectivity index (χ0v) is 8.20. The van der Waals surface area contributed by atoms with Crippen molar-refractivity contribution in [1.82, 2.24) is 4.98 Å². The number of nitrogens with zero attached hydrogens (tertiary/aromatic N) is 1. The molecule has 0 aliphatic rings. The van der Waals surface area contributed by atoms with E-state index in [2.05, 4.69) is 10.3 Å². The number of rotatable bonds is 5. The molecular formula is C9H12F2N2O2. The number of nitrogens with one attached hydrogen (secondary N) is 1. The molecule has 1 rings (SSSR count). The second-order valence-electron chi connectivity index (χ2n) is 2.95. The van der Waals surface area contributed by atoms with Crippen molar-refractivity contribution in [3.8, 4) is 5.75 Å². The molecule has 0 saturated heterocycles. The Kier molecular flexibility index (Phi) is 3.79. The number of anilines is 1. The molecule has 0 radical (unpaired) electrons. The number of aliphatic hydroxyl groups is 1. The van der Waals surface area contributed by atoms with E-state index in [1.54, 1.807) is 6.07 Å². The molecule has 0 amide bonds. The molecule has 0 atom stereocenters. The fourth-order valence-electron chi connectivity index (χ4n) is 0.881. The van der Waals surface area contributed by atoms with Gasteiger partial charge in [-0.3, -0.25) is 0 Å². The normalized spacial score (nSPS) is 11.2. The van der Waals surface area contributed by atoms with Gasteiger partial charge in [-0.05, 0) is 12.1 Å². The summed E-state index contributed by atoms with van der Waals surface area (Å²) in [5.74, 6) is -2.28. The molecule has 0 spiro atoms. The molecule has 0 unspecified atom stereocenters. The Balaban J connectivity index is 2.51. The quantitative estimate of drug-likeness (QED) is 0.777. The van der Waals surface area contributed by atoms with Gasteiger partial charge < -0.3 is 15.2 Å². The van der Waals surface area contributed by atoms with Crippen LogP contribution in [0.3, 0.4) is 0 Å². The van der Waals surface area contributed by atoms with Crippen molar-refractivity contribution in [1.29, 1.82) is 0 Å². The van der Waals surface area contributed by atoms with Crippen molar-refractivity contribution in [2.75, 3.05) is 25.6 Å². The summed E-state index contributed by atoms with van der Waals surface area (Å²) < 4.78 is 30.1. The first kappa shape index (κ1) is 11.6. The van der Waals surface area contributed by atoms with Gasteiger partial charge in [-0.1, -0.05) is 0 Å². The molecule has 1 aromatic rings. The van der Waals surface area contributed by atoms with Crippen LogP contribution in [-0.4, -0.2) is 36.3 Å². The van der Waals surface area contributed by atoms with Gasteiger partial charge in [-0.25, -0.2) is 13.8 Å². The predicted molar refractivity (Wildman–Crippen MR) is 51.3 cm³/mol. The summed E-state index contributed by atoms with van der Waals surface area (Å²) in [7, 11) is 1.49. The number of pyridine rings is 1. The van der Waals surface area contributed by atoms with Crippen LogP contribution in [-0.2, 0) is 0 Å². The number of hydrogen-bond donors (Lipinski definition) is 2. The molecule has 1 aromatic heterocycles. The topological polar surface area (TPSA) is 54.4 Å². The van der Waals surface area contributed by atoms with Gasteiger partial charge >= 0.3 is 0 Å². The van der Waals surface area contributed by atoms with Gasteiger partial charge in [-0.2, -0.15) is 0 Å². The Labute approximate surface area is 85.9 Å². The van der Waals surface area contributed by atoms with Crippen LogP contribution < -0.4 is 10.1 Å². The van der Waals surface area contributed by atoms with E-state index in [4.69, 9.17) is 9.84 Å². The maximum Gasteiger partial charge on any atom is 0.287 e. The molecule has 0 bridgehead atoms. The SMILES string of the molecule is COc1ccc(NCC(F)(F)CO)nc1. The standard InChI is InChI=1S/C9H12F2N2O2/c1-15-7-2-3-8(12-4-7)13-5-9(10,11)6-14/h2-4,14H,5-6H2,1H3,(H,12,13). The first-order valence-corrected chi connectivity index (χ1v) is 4.30. The summed E-state index contributed by atoms with van der Waals surface area (Å²) in [6.45, 7) is -1.83. The molecule has 2 N–H and O–H groups in total. The molecule has 4 nitrogen and oxygen atoms in total. The van der Waals surface area contributed by atoms with E-state index in [-0.39, 0.29) is 0 Å². The maximum absolute atomic E-state index is 12.6. The summed E-state index contributed by atoms with van der Waals surface area (Å²) in [6.07, 6.45) is 1.42. The van der Waals surface area contributed by atoms with Crippen LogP contribution in [0.25, 0.3) is 0 Å². The lowest BCUT2D eigenvalue weighted by atomic mass is 10.3. The van der Waals surface area contributed by atoms with Crippen molar-refractivity contribution in [2.45, 2.75) is 5.92 Å². The molecule has 6 heteroatoms. The van der Waals surface area contributed by atoms with Crippen molar-refractivity contribution in [3.05, 3.63) is 18.3 Å². The van der Waals surface area contributed by atoms with Crippen LogP contribution in [0.2, 0.25) is 0 Å². The van der Waals surface area contributed by atoms with E-state index in [1.165, 1.54) is 19.4 Å². The summed E-state index contributed by atoms with van der Waals surface area (Å²) in [4.78, 5) is 3.84. The van der Waals surface area contributed by atoms with Gasteiger partial charge in [0.2, 0.25) is 0 Å². The number of methoxy groups -OCH3 is 1. The Morgan fingerprint density at radius 3 is 2.73 bits per heavy atom. The number of halogens is 2. The molecule has 0 fully saturated rings. The van der Waals surface area contributed by atoms with Gasteiger partial charge in [0.05, 0.1) is 19.9 Å². The van der Waals surface area contributed by atoms with Crippen LogP contribution in [0.5, 0.6) is 5.75 Å². The lowest BCUT2D eigenvalue weighted by molar-refractivity contribution is -0.0373. The van der Waals surface area contributed by atoms with E-state index in [0.717, 1.165) is 0 Å². The zero-order chi connectivity index (χ0) is 11.3. The summed E-state index contributed by atoms with van der Waals surface area (Å²) in [6, 6.07) is 3.12. The predicted octanol–water partition coefficient (Wildman–Crippen LogP) is 1.13. The largest absolute Gasteiger partial charge is 0.495 e. The molecule has 84 valence electrons. The van der Waals surface area contributed by atoms with Crippen molar-refractivity contribution < 1.29 is 18.6 Å². The highest BCUT2D eigenvalue weighted by Gasteiger charge is 2.27. The molecule has 0 aliphatic heterocycles. The highest BCUT2D eigenvalue weighted by Crippen LogP contribution is 2.15. The van der Waals surface area contributed by atoms with Crippen molar-refractivity contribution >= 4 is 5.82 Å². The number of aromatic nitrogens is 1. The third-order valence-electron chi connectivity index (χ3n) is 1.73. The molecule has 1 heterocycles. The first-order chi connectivity index (χ1) is 7.07. The highest BCUT2D eigenvalue weighted by atomic mass is 19.3. The average Bonchev–Trinajstić information content (AvgIpc) is 2.27. The van der Waals surface area contributed by atoms with Gasteiger partial charge in [-0.15, -0.1) is 0 Å². The third kappa shape index (κ3) is 3.67. The lowest BCUT2D eigenvalue weighted by Crippen LogP contribution is -2.31. The fourth-order valence-corrected chi connectivity index (χ4v) is 0.881. The van der Waals surface area contributed by atoms with Gasteiger partial charge in [0, 0.05) is 0 Å². The highest BCUT2D eigenvalue weighted by molar-refractivity contribution is 5.37. The first-order valence-electron chi connectivity index (χ1n) is 4.30. The monoisotopic (exact) mass is 218 g/mol. The Bertz CT molecular complexity index is 303. The molecule has 15 heavy (non-hydrogen) atoms. The average molecular weight is 218 g/mol. The molecule has 0 aliphatic carbocycles. The van der Waals surface area contributed by atoms with Gasteiger partial charge in [0.1, 0.15) is 18.2 Å². The summed E-state index contributed by atoms with van der Waals surface area (Å²) >= 11 is 0. The maximum atomic E-state index is 12.6. The minimum atomic E-state index is -3.14. The molecule has 0 saturated carbocycles. The number of aliphatic hydroxyl groups excluding tert-OH is 1. The zero-order valence-electron chi connectivity index (χ0n) is 8.20. The smallest absolute Gasteiger partial charge is 0.287 e. The van der Waals surface area contributed by atoms with Crippen LogP contribution >= 0.6 is 0 Å². The summed E-state index contributed by atoms with van der Waals surface area (Å²) in [5, 5.41) is 10.7. The lowest BCUT2D eigenvalue weighted by Gasteiger charge is -2.14.